The van der Waals surface area contributed by atoms with E-state index in [2.05, 4.69) is 15.0 Å². The summed E-state index contributed by atoms with van der Waals surface area (Å²) in [6.07, 6.45) is 3.20. The highest BCUT2D eigenvalue weighted by Gasteiger charge is 2.34. The summed E-state index contributed by atoms with van der Waals surface area (Å²) < 4.78 is 36.2. The molecule has 9 heteroatoms. The predicted octanol–water partition coefficient (Wildman–Crippen LogP) is 2.53. The fourth-order valence-electron chi connectivity index (χ4n) is 4.02. The van der Waals surface area contributed by atoms with Gasteiger partial charge in [0.1, 0.15) is 5.69 Å². The molecular formula is C23H28N4O4S. The lowest BCUT2D eigenvalue weighted by Crippen LogP contribution is -2.51. The van der Waals surface area contributed by atoms with Crippen LogP contribution < -0.4 is 4.72 Å². The number of hydrogen-bond donors (Lipinski definition) is 2. The smallest absolute Gasteiger partial charge is 0.241 e. The van der Waals surface area contributed by atoms with Crippen molar-refractivity contribution in [3.8, 4) is 11.3 Å². The van der Waals surface area contributed by atoms with E-state index < -0.39 is 22.2 Å². The Kier molecular flexibility index (Phi) is 7.00. The zero-order valence-corrected chi connectivity index (χ0v) is 18.8. The molecule has 32 heavy (non-hydrogen) atoms. The van der Waals surface area contributed by atoms with Gasteiger partial charge in [0.25, 0.3) is 0 Å². The molecule has 1 aliphatic rings. The molecule has 3 aromatic rings. The Bertz CT molecular complexity index is 1130. The van der Waals surface area contributed by atoms with Crippen LogP contribution in [0.2, 0.25) is 0 Å². The summed E-state index contributed by atoms with van der Waals surface area (Å²) in [6, 6.07) is 16.2. The number of sulfonamides is 1. The van der Waals surface area contributed by atoms with Crippen LogP contribution in [0.1, 0.15) is 24.8 Å². The number of nitrogens with zero attached hydrogens (tertiary/aromatic N) is 3. The lowest BCUT2D eigenvalue weighted by Gasteiger charge is -2.36. The maximum absolute atomic E-state index is 12.8. The quantitative estimate of drug-likeness (QED) is 0.540. The molecule has 2 aromatic carbocycles. The largest absolute Gasteiger partial charge is 0.394 e. The Hall–Kier alpha value is -2.59. The molecule has 3 atom stereocenters. The summed E-state index contributed by atoms with van der Waals surface area (Å²) in [5.74, 6) is 0. The summed E-state index contributed by atoms with van der Waals surface area (Å²) in [5.41, 5.74) is 2.50. The molecule has 4 rings (SSSR count). The number of nitrogens with one attached hydrogen (secondary N) is 1. The van der Waals surface area contributed by atoms with E-state index in [0.717, 1.165) is 11.3 Å². The zero-order valence-electron chi connectivity index (χ0n) is 18.0. The molecule has 8 nitrogen and oxygen atoms in total. The minimum absolute atomic E-state index is 0.0873. The molecule has 0 saturated carbocycles. The summed E-state index contributed by atoms with van der Waals surface area (Å²) in [4.78, 5) is 0.249. The van der Waals surface area contributed by atoms with Gasteiger partial charge in [-0.2, -0.15) is 0 Å². The second-order valence-corrected chi connectivity index (χ2v) is 9.75. The Balaban J connectivity index is 1.34. The molecule has 0 unspecified atom stereocenters. The summed E-state index contributed by atoms with van der Waals surface area (Å²) in [5, 5.41) is 18.2. The van der Waals surface area contributed by atoms with E-state index in [1.807, 2.05) is 36.5 Å². The fourth-order valence-corrected chi connectivity index (χ4v) is 5.57. The Morgan fingerprint density at radius 3 is 2.62 bits per heavy atom. The van der Waals surface area contributed by atoms with Crippen molar-refractivity contribution in [2.75, 3.05) is 6.61 Å². The van der Waals surface area contributed by atoms with Crippen molar-refractivity contribution in [1.29, 1.82) is 0 Å². The third-order valence-corrected chi connectivity index (χ3v) is 7.42. The highest BCUT2D eigenvalue weighted by molar-refractivity contribution is 7.89. The van der Waals surface area contributed by atoms with Crippen molar-refractivity contribution >= 4 is 10.0 Å². The third kappa shape index (κ3) is 5.24. The Labute approximate surface area is 188 Å². The van der Waals surface area contributed by atoms with Gasteiger partial charge in [-0.05, 0) is 37.8 Å². The van der Waals surface area contributed by atoms with E-state index in [-0.39, 0.29) is 17.6 Å². The third-order valence-electron chi connectivity index (χ3n) is 5.77. The maximum atomic E-state index is 12.8. The molecule has 0 bridgehead atoms. The first-order valence-electron chi connectivity index (χ1n) is 10.8. The number of ether oxygens (including phenoxy) is 1. The first-order chi connectivity index (χ1) is 15.5. The molecule has 0 radical (unpaired) electrons. The van der Waals surface area contributed by atoms with Gasteiger partial charge < -0.3 is 9.84 Å². The first kappa shape index (κ1) is 22.6. The summed E-state index contributed by atoms with van der Waals surface area (Å²) >= 11 is 0. The average molecular weight is 457 g/mol. The van der Waals surface area contributed by atoms with Crippen LogP contribution in [0.4, 0.5) is 0 Å². The SMILES string of the molecule is Cc1ccccc1S(=O)(=O)N[C@@H]1CC[C@@H](CCn2cc(-c3ccccc3)nn2)O[C@H]1CO. The number of aromatic nitrogens is 3. The van der Waals surface area contributed by atoms with Gasteiger partial charge >= 0.3 is 0 Å². The Morgan fingerprint density at radius 2 is 1.88 bits per heavy atom. The highest BCUT2D eigenvalue weighted by atomic mass is 32.2. The van der Waals surface area contributed by atoms with Gasteiger partial charge in [-0.25, -0.2) is 13.1 Å². The predicted molar refractivity (Wildman–Crippen MR) is 120 cm³/mol. The van der Waals surface area contributed by atoms with Crippen molar-refractivity contribution in [1.82, 2.24) is 19.7 Å². The number of aliphatic hydroxyl groups excluding tert-OH is 1. The number of aliphatic hydroxyl groups is 1. The highest BCUT2D eigenvalue weighted by Crippen LogP contribution is 2.25. The van der Waals surface area contributed by atoms with Gasteiger partial charge in [0.05, 0.1) is 35.9 Å². The van der Waals surface area contributed by atoms with Gasteiger partial charge in [-0.15, -0.1) is 5.10 Å². The van der Waals surface area contributed by atoms with Crippen LogP contribution in [0.15, 0.2) is 65.7 Å². The van der Waals surface area contributed by atoms with Crippen molar-refractivity contribution in [2.45, 2.75) is 55.9 Å². The fraction of sp³-hybridized carbons (Fsp3) is 0.391. The second-order valence-electron chi connectivity index (χ2n) is 8.07. The van der Waals surface area contributed by atoms with E-state index in [4.69, 9.17) is 4.74 Å². The van der Waals surface area contributed by atoms with Crippen LogP contribution in [-0.2, 0) is 21.3 Å². The summed E-state index contributed by atoms with van der Waals surface area (Å²) in [6.45, 7) is 2.14. The molecular weight excluding hydrogens is 428 g/mol. The van der Waals surface area contributed by atoms with E-state index >= 15 is 0 Å². The second kappa shape index (κ2) is 9.91. The first-order valence-corrected chi connectivity index (χ1v) is 12.2. The van der Waals surface area contributed by atoms with Crippen LogP contribution in [0.25, 0.3) is 11.3 Å². The van der Waals surface area contributed by atoms with Gasteiger partial charge in [0, 0.05) is 12.1 Å². The minimum Gasteiger partial charge on any atom is -0.394 e. The van der Waals surface area contributed by atoms with Crippen molar-refractivity contribution in [3.05, 3.63) is 66.4 Å². The molecule has 0 amide bonds. The van der Waals surface area contributed by atoms with E-state index in [0.29, 0.717) is 31.4 Å². The van der Waals surface area contributed by atoms with E-state index in [1.54, 1.807) is 35.9 Å². The van der Waals surface area contributed by atoms with Crippen LogP contribution in [-0.4, -0.2) is 53.4 Å². The molecule has 1 aromatic heterocycles. The molecule has 1 saturated heterocycles. The normalized spacial score (nSPS) is 21.5. The van der Waals surface area contributed by atoms with Crippen molar-refractivity contribution < 1.29 is 18.3 Å². The van der Waals surface area contributed by atoms with Crippen LogP contribution in [0, 0.1) is 6.92 Å². The lowest BCUT2D eigenvalue weighted by molar-refractivity contribution is -0.0891. The van der Waals surface area contributed by atoms with Crippen LogP contribution >= 0.6 is 0 Å². The molecule has 0 aliphatic carbocycles. The number of rotatable bonds is 8. The molecule has 2 N–H and O–H groups in total. The zero-order chi connectivity index (χ0) is 22.6. The topological polar surface area (TPSA) is 106 Å². The Morgan fingerprint density at radius 1 is 1.12 bits per heavy atom. The van der Waals surface area contributed by atoms with Gasteiger partial charge in [0.2, 0.25) is 10.0 Å². The van der Waals surface area contributed by atoms with Crippen LogP contribution in [0.3, 0.4) is 0 Å². The molecule has 170 valence electrons. The molecule has 1 fully saturated rings. The lowest BCUT2D eigenvalue weighted by atomic mass is 9.98. The standard InChI is InChI=1S/C23H28N4O4S/c1-17-7-5-6-10-23(17)32(29,30)25-20-12-11-19(31-22(20)16-28)13-14-27-15-21(24-26-27)18-8-3-2-4-9-18/h2-10,15,19-20,22,25,28H,11-14,16H2,1H3/t19-,20+,22-/m0/s1. The van der Waals surface area contributed by atoms with Gasteiger partial charge in [0.15, 0.2) is 0 Å². The monoisotopic (exact) mass is 456 g/mol. The molecule has 0 spiro atoms. The van der Waals surface area contributed by atoms with Crippen molar-refractivity contribution in [2.24, 2.45) is 0 Å². The van der Waals surface area contributed by atoms with Crippen molar-refractivity contribution in [3.63, 3.8) is 0 Å². The number of hydrogen-bond acceptors (Lipinski definition) is 6. The van der Waals surface area contributed by atoms with Crippen LogP contribution in [0.5, 0.6) is 0 Å². The maximum Gasteiger partial charge on any atom is 0.241 e. The van der Waals surface area contributed by atoms with Gasteiger partial charge in [-0.3, -0.25) is 4.68 Å². The van der Waals surface area contributed by atoms with Gasteiger partial charge in [-0.1, -0.05) is 53.7 Å². The van der Waals surface area contributed by atoms with E-state index in [9.17, 15) is 13.5 Å². The summed E-state index contributed by atoms with van der Waals surface area (Å²) in [7, 11) is -3.69. The molecule has 1 aliphatic heterocycles. The number of aryl methyl sites for hydroxylation is 2. The molecule has 2 heterocycles. The minimum atomic E-state index is -3.69. The number of benzene rings is 2. The van der Waals surface area contributed by atoms with E-state index in [1.165, 1.54) is 0 Å². The average Bonchev–Trinajstić information content (AvgIpc) is 3.28.